The first-order valence-electron chi connectivity index (χ1n) is 7.41. The Hall–Kier alpha value is -1.69. The molecule has 1 aromatic rings. The van der Waals surface area contributed by atoms with Gasteiger partial charge in [0, 0.05) is 18.2 Å². The monoisotopic (exact) mass is 323 g/mol. The van der Waals surface area contributed by atoms with Crippen LogP contribution in [0.15, 0.2) is 30.3 Å². The molecule has 1 unspecified atom stereocenters. The lowest BCUT2D eigenvalue weighted by Crippen LogP contribution is -2.41. The highest BCUT2D eigenvalue weighted by atomic mass is 32.2. The lowest BCUT2D eigenvalue weighted by atomic mass is 10.2. The highest BCUT2D eigenvalue weighted by Gasteiger charge is 2.41. The number of amides is 1. The van der Waals surface area contributed by atoms with E-state index in [4.69, 9.17) is 0 Å². The summed E-state index contributed by atoms with van der Waals surface area (Å²) in [6.07, 6.45) is 5.49. The van der Waals surface area contributed by atoms with Crippen LogP contribution in [0.5, 0.6) is 0 Å². The molecule has 0 N–H and O–H groups in total. The summed E-state index contributed by atoms with van der Waals surface area (Å²) in [5.74, 6) is -0.247. The number of hydrogen-bond acceptors (Lipinski definition) is 3. The third-order valence-electron chi connectivity index (χ3n) is 4.08. The molecule has 118 valence electrons. The van der Waals surface area contributed by atoms with Crippen LogP contribution in [0, 0.1) is 5.82 Å². The van der Waals surface area contributed by atoms with Crippen molar-refractivity contribution in [2.45, 2.75) is 31.3 Å². The molecule has 1 heterocycles. The number of nitrogens with zero attached hydrogens (tertiary/aromatic N) is 1. The number of rotatable bonds is 4. The van der Waals surface area contributed by atoms with Gasteiger partial charge in [-0.3, -0.25) is 4.79 Å². The van der Waals surface area contributed by atoms with Crippen molar-refractivity contribution in [3.05, 3.63) is 41.7 Å². The van der Waals surface area contributed by atoms with E-state index in [9.17, 15) is 17.6 Å². The van der Waals surface area contributed by atoms with Gasteiger partial charge in [-0.1, -0.05) is 12.1 Å². The number of carbonyl (C=O) groups excluding carboxylic acids is 1. The molecule has 2 aliphatic rings. The number of carbonyl (C=O) groups is 1. The van der Waals surface area contributed by atoms with Gasteiger partial charge in [0.15, 0.2) is 9.84 Å². The molecule has 2 fully saturated rings. The normalized spacial score (nSPS) is 23.8. The summed E-state index contributed by atoms with van der Waals surface area (Å²) in [5.41, 5.74) is 0.740. The third-order valence-corrected chi connectivity index (χ3v) is 5.84. The molecule has 0 bridgehead atoms. The molecule has 1 amide bonds. The topological polar surface area (TPSA) is 54.5 Å². The van der Waals surface area contributed by atoms with Gasteiger partial charge < -0.3 is 4.90 Å². The van der Waals surface area contributed by atoms with Crippen molar-refractivity contribution < 1.29 is 17.6 Å². The Morgan fingerprint density at radius 1 is 1.14 bits per heavy atom. The summed E-state index contributed by atoms with van der Waals surface area (Å²) in [4.78, 5) is 14.2. The lowest BCUT2D eigenvalue weighted by Gasteiger charge is -2.27. The third kappa shape index (κ3) is 3.55. The van der Waals surface area contributed by atoms with Crippen molar-refractivity contribution >= 4 is 21.8 Å². The second-order valence-electron chi connectivity index (χ2n) is 5.92. The molecule has 0 radical (unpaired) electrons. The fourth-order valence-electron chi connectivity index (χ4n) is 2.83. The summed E-state index contributed by atoms with van der Waals surface area (Å²) >= 11 is 0. The first-order valence-corrected chi connectivity index (χ1v) is 9.23. The van der Waals surface area contributed by atoms with Crippen LogP contribution in [0.3, 0.4) is 0 Å². The SMILES string of the molecule is O=C(/C=C/c1ccc(F)cc1)N(C1CC1)C1CCS(=O)(=O)C1. The molecular weight excluding hydrogens is 305 g/mol. The molecule has 4 nitrogen and oxygen atoms in total. The molecule has 1 atom stereocenters. The quantitative estimate of drug-likeness (QED) is 0.797. The van der Waals surface area contributed by atoms with Gasteiger partial charge in [0.2, 0.25) is 5.91 Å². The first kappa shape index (κ1) is 15.2. The van der Waals surface area contributed by atoms with Crippen LogP contribution < -0.4 is 0 Å². The number of hydrogen-bond donors (Lipinski definition) is 0. The van der Waals surface area contributed by atoms with E-state index >= 15 is 0 Å². The molecule has 1 saturated heterocycles. The zero-order chi connectivity index (χ0) is 15.7. The average molecular weight is 323 g/mol. The first-order chi connectivity index (χ1) is 10.4. The van der Waals surface area contributed by atoms with Gasteiger partial charge in [-0.15, -0.1) is 0 Å². The highest BCUT2D eigenvalue weighted by molar-refractivity contribution is 7.91. The average Bonchev–Trinajstić information content (AvgIpc) is 3.23. The summed E-state index contributed by atoms with van der Waals surface area (Å²) < 4.78 is 36.1. The van der Waals surface area contributed by atoms with Gasteiger partial charge in [0.05, 0.1) is 11.5 Å². The molecule has 0 aromatic heterocycles. The smallest absolute Gasteiger partial charge is 0.247 e. The van der Waals surface area contributed by atoms with Crippen LogP contribution in [-0.2, 0) is 14.6 Å². The van der Waals surface area contributed by atoms with Gasteiger partial charge in [0.25, 0.3) is 0 Å². The van der Waals surface area contributed by atoms with Crippen LogP contribution in [-0.4, -0.2) is 42.8 Å². The Bertz CT molecular complexity index is 693. The second kappa shape index (κ2) is 5.83. The van der Waals surface area contributed by atoms with Crippen LogP contribution in [0.25, 0.3) is 6.08 Å². The Morgan fingerprint density at radius 3 is 2.36 bits per heavy atom. The van der Waals surface area contributed by atoms with Gasteiger partial charge in [0.1, 0.15) is 5.82 Å². The zero-order valence-corrected chi connectivity index (χ0v) is 12.9. The predicted octanol–water partition coefficient (Wildman–Crippen LogP) is 2.02. The maximum atomic E-state index is 12.8. The largest absolute Gasteiger partial charge is 0.332 e. The number of halogens is 1. The van der Waals surface area contributed by atoms with E-state index in [1.54, 1.807) is 23.1 Å². The Morgan fingerprint density at radius 2 is 1.82 bits per heavy atom. The van der Waals surface area contributed by atoms with E-state index in [1.165, 1.54) is 18.2 Å². The van der Waals surface area contributed by atoms with Crippen molar-refractivity contribution in [3.63, 3.8) is 0 Å². The summed E-state index contributed by atoms with van der Waals surface area (Å²) in [6.45, 7) is 0. The summed E-state index contributed by atoms with van der Waals surface area (Å²) in [7, 11) is -3.01. The van der Waals surface area contributed by atoms with Crippen molar-refractivity contribution in [1.29, 1.82) is 0 Å². The van der Waals surface area contributed by atoms with E-state index in [0.29, 0.717) is 6.42 Å². The standard InChI is InChI=1S/C16H18FNO3S/c17-13-4-1-12(2-5-13)3-8-16(19)18(14-6-7-14)15-9-10-22(20,21)11-15/h1-5,8,14-15H,6-7,9-11H2/b8-3+. The summed E-state index contributed by atoms with van der Waals surface area (Å²) in [5, 5.41) is 0. The van der Waals surface area contributed by atoms with E-state index in [1.807, 2.05) is 0 Å². The molecule has 1 aliphatic carbocycles. The highest BCUT2D eigenvalue weighted by Crippen LogP contribution is 2.32. The van der Waals surface area contributed by atoms with Gasteiger partial charge in [-0.05, 0) is 43.0 Å². The Kier molecular flexibility index (Phi) is 4.04. The Labute approximate surface area is 129 Å². The minimum absolute atomic E-state index is 0.0691. The van der Waals surface area contributed by atoms with Crippen LogP contribution in [0.2, 0.25) is 0 Å². The van der Waals surface area contributed by atoms with E-state index in [2.05, 4.69) is 0 Å². The minimum atomic E-state index is -3.01. The van der Waals surface area contributed by atoms with Crippen LogP contribution in [0.1, 0.15) is 24.8 Å². The Balaban J connectivity index is 1.72. The zero-order valence-electron chi connectivity index (χ0n) is 12.1. The summed E-state index contributed by atoms with van der Waals surface area (Å²) in [6, 6.07) is 5.84. The van der Waals surface area contributed by atoms with Crippen molar-refractivity contribution in [1.82, 2.24) is 4.90 Å². The molecule has 1 aromatic carbocycles. The van der Waals surface area contributed by atoms with Crippen molar-refractivity contribution in [2.75, 3.05) is 11.5 Å². The van der Waals surface area contributed by atoms with Gasteiger partial charge >= 0.3 is 0 Å². The number of benzene rings is 1. The van der Waals surface area contributed by atoms with E-state index in [-0.39, 0.29) is 35.3 Å². The predicted molar refractivity (Wildman–Crippen MR) is 82.4 cm³/mol. The maximum absolute atomic E-state index is 12.8. The number of sulfone groups is 1. The fraction of sp³-hybridized carbons (Fsp3) is 0.438. The van der Waals surface area contributed by atoms with E-state index < -0.39 is 9.84 Å². The minimum Gasteiger partial charge on any atom is -0.332 e. The van der Waals surface area contributed by atoms with Gasteiger partial charge in [-0.2, -0.15) is 0 Å². The van der Waals surface area contributed by atoms with E-state index in [0.717, 1.165) is 18.4 Å². The maximum Gasteiger partial charge on any atom is 0.247 e. The van der Waals surface area contributed by atoms with Crippen molar-refractivity contribution in [3.8, 4) is 0 Å². The lowest BCUT2D eigenvalue weighted by molar-refractivity contribution is -0.128. The molecule has 1 saturated carbocycles. The molecular formula is C16H18FNO3S. The molecule has 1 aliphatic heterocycles. The van der Waals surface area contributed by atoms with Crippen LogP contribution in [0.4, 0.5) is 4.39 Å². The molecule has 3 rings (SSSR count). The van der Waals surface area contributed by atoms with Gasteiger partial charge in [-0.25, -0.2) is 12.8 Å². The molecule has 0 spiro atoms. The fourth-order valence-corrected chi connectivity index (χ4v) is 4.54. The van der Waals surface area contributed by atoms with Crippen LogP contribution >= 0.6 is 0 Å². The van der Waals surface area contributed by atoms with Crippen molar-refractivity contribution in [2.24, 2.45) is 0 Å². The molecule has 6 heteroatoms. The second-order valence-corrected chi connectivity index (χ2v) is 8.15. The molecule has 22 heavy (non-hydrogen) atoms.